The summed E-state index contributed by atoms with van der Waals surface area (Å²) < 4.78 is 5.40. The molecule has 0 aliphatic heterocycles. The zero-order valence-corrected chi connectivity index (χ0v) is 9.04. The maximum Gasteiger partial charge on any atom is 0.251 e. The Bertz CT molecular complexity index is 354. The summed E-state index contributed by atoms with van der Waals surface area (Å²) >= 11 is 0. The van der Waals surface area contributed by atoms with Crippen LogP contribution in [0.5, 0.6) is 5.75 Å². The van der Waals surface area contributed by atoms with Crippen molar-refractivity contribution in [3.8, 4) is 5.75 Å². The summed E-state index contributed by atoms with van der Waals surface area (Å²) in [6.07, 6.45) is 0. The first-order valence-corrected chi connectivity index (χ1v) is 4.73. The Balaban J connectivity index is 2.64. The Labute approximate surface area is 89.8 Å². The molecule has 1 aromatic carbocycles. The van der Waals surface area contributed by atoms with Crippen molar-refractivity contribution in [3.05, 3.63) is 42.0 Å². The fourth-order valence-electron chi connectivity index (χ4n) is 1.05. The van der Waals surface area contributed by atoms with E-state index in [1.807, 2.05) is 6.92 Å². The molecule has 0 spiro atoms. The molecule has 0 atom stereocenters. The van der Waals surface area contributed by atoms with Gasteiger partial charge in [0.05, 0.1) is 0 Å². The highest BCUT2D eigenvalue weighted by molar-refractivity contribution is 5.94. The van der Waals surface area contributed by atoms with Gasteiger partial charge >= 0.3 is 0 Å². The highest BCUT2D eigenvalue weighted by atomic mass is 16.5. The number of amides is 1. The minimum Gasteiger partial charge on any atom is -0.489 e. The van der Waals surface area contributed by atoms with E-state index in [1.165, 1.54) is 0 Å². The minimum atomic E-state index is -0.0959. The molecule has 0 bridgehead atoms. The van der Waals surface area contributed by atoms with E-state index in [0.717, 1.165) is 11.3 Å². The molecule has 80 valence electrons. The third-order valence-corrected chi connectivity index (χ3v) is 1.83. The van der Waals surface area contributed by atoms with E-state index in [4.69, 9.17) is 4.74 Å². The van der Waals surface area contributed by atoms with E-state index >= 15 is 0 Å². The van der Waals surface area contributed by atoms with E-state index in [2.05, 4.69) is 11.9 Å². The third-order valence-electron chi connectivity index (χ3n) is 1.83. The predicted molar refractivity (Wildman–Crippen MR) is 60.1 cm³/mol. The van der Waals surface area contributed by atoms with E-state index in [9.17, 15) is 4.79 Å². The molecule has 0 aromatic heterocycles. The van der Waals surface area contributed by atoms with Crippen LogP contribution in [0, 0.1) is 0 Å². The van der Waals surface area contributed by atoms with Crippen LogP contribution in [0.25, 0.3) is 0 Å². The van der Waals surface area contributed by atoms with Crippen LogP contribution in [-0.4, -0.2) is 19.6 Å². The van der Waals surface area contributed by atoms with Crippen molar-refractivity contribution in [3.63, 3.8) is 0 Å². The van der Waals surface area contributed by atoms with E-state index in [0.29, 0.717) is 12.2 Å². The van der Waals surface area contributed by atoms with Crippen LogP contribution in [0.3, 0.4) is 0 Å². The fraction of sp³-hybridized carbons (Fsp3) is 0.250. The normalized spacial score (nSPS) is 9.47. The van der Waals surface area contributed by atoms with Gasteiger partial charge in [-0.2, -0.15) is 0 Å². The van der Waals surface area contributed by atoms with Crippen LogP contribution in [0.1, 0.15) is 17.3 Å². The average molecular weight is 205 g/mol. The van der Waals surface area contributed by atoms with Gasteiger partial charge in [0.15, 0.2) is 0 Å². The summed E-state index contributed by atoms with van der Waals surface area (Å²) in [6.45, 7) is 6.14. The van der Waals surface area contributed by atoms with Crippen molar-refractivity contribution >= 4 is 5.91 Å². The molecule has 1 amide bonds. The molecule has 1 rings (SSSR count). The topological polar surface area (TPSA) is 38.3 Å². The molecule has 0 heterocycles. The number of benzene rings is 1. The van der Waals surface area contributed by atoms with Crippen LogP contribution in [0.2, 0.25) is 0 Å². The monoisotopic (exact) mass is 205 g/mol. The van der Waals surface area contributed by atoms with Crippen molar-refractivity contribution in [1.82, 2.24) is 5.32 Å². The van der Waals surface area contributed by atoms with E-state index < -0.39 is 0 Å². The van der Waals surface area contributed by atoms with Gasteiger partial charge in [0, 0.05) is 12.6 Å². The number of rotatable bonds is 4. The molecule has 0 saturated carbocycles. The Kier molecular flexibility index (Phi) is 3.92. The number of hydrogen-bond acceptors (Lipinski definition) is 2. The summed E-state index contributed by atoms with van der Waals surface area (Å²) in [5, 5.41) is 2.56. The zero-order valence-electron chi connectivity index (χ0n) is 9.04. The maximum absolute atomic E-state index is 11.2. The van der Waals surface area contributed by atoms with Gasteiger partial charge in [0.2, 0.25) is 0 Å². The average Bonchev–Trinajstić information content (AvgIpc) is 2.26. The van der Waals surface area contributed by atoms with Gasteiger partial charge in [-0.25, -0.2) is 0 Å². The van der Waals surface area contributed by atoms with E-state index in [1.54, 1.807) is 31.3 Å². The van der Waals surface area contributed by atoms with Crippen molar-refractivity contribution in [1.29, 1.82) is 0 Å². The third kappa shape index (κ3) is 3.46. The molecule has 3 nitrogen and oxygen atoms in total. The summed E-state index contributed by atoms with van der Waals surface area (Å²) in [7, 11) is 1.60. The first kappa shape index (κ1) is 11.3. The van der Waals surface area contributed by atoms with Crippen LogP contribution in [0.15, 0.2) is 36.4 Å². The van der Waals surface area contributed by atoms with Crippen molar-refractivity contribution in [2.24, 2.45) is 0 Å². The Morgan fingerprint density at radius 3 is 2.47 bits per heavy atom. The lowest BCUT2D eigenvalue weighted by Gasteiger charge is -2.06. The van der Waals surface area contributed by atoms with Crippen molar-refractivity contribution < 1.29 is 9.53 Å². The number of carbonyl (C=O) groups excluding carboxylic acids is 1. The summed E-state index contributed by atoms with van der Waals surface area (Å²) in [5.41, 5.74) is 1.59. The van der Waals surface area contributed by atoms with Gasteiger partial charge in [-0.15, -0.1) is 0 Å². The first-order valence-electron chi connectivity index (χ1n) is 4.73. The van der Waals surface area contributed by atoms with Gasteiger partial charge in [-0.1, -0.05) is 6.58 Å². The second-order valence-electron chi connectivity index (χ2n) is 3.35. The molecular weight excluding hydrogens is 190 g/mol. The quantitative estimate of drug-likeness (QED) is 0.763. The summed E-state index contributed by atoms with van der Waals surface area (Å²) in [5.74, 6) is 0.645. The van der Waals surface area contributed by atoms with Gasteiger partial charge in [0.1, 0.15) is 12.4 Å². The zero-order chi connectivity index (χ0) is 11.3. The molecule has 0 saturated heterocycles. The van der Waals surface area contributed by atoms with Gasteiger partial charge < -0.3 is 10.1 Å². The van der Waals surface area contributed by atoms with Crippen LogP contribution in [0.4, 0.5) is 0 Å². The Morgan fingerprint density at radius 1 is 1.40 bits per heavy atom. The van der Waals surface area contributed by atoms with Crippen molar-refractivity contribution in [2.75, 3.05) is 13.7 Å². The standard InChI is InChI=1S/C12H15NO2/c1-9(2)8-15-11-6-4-10(5-7-11)12(14)13-3/h4-7H,1,8H2,2-3H3,(H,13,14). The van der Waals surface area contributed by atoms with Crippen LogP contribution < -0.4 is 10.1 Å². The predicted octanol–water partition coefficient (Wildman–Crippen LogP) is 2.00. The lowest BCUT2D eigenvalue weighted by atomic mass is 10.2. The molecule has 1 N–H and O–H groups in total. The number of nitrogens with one attached hydrogen (secondary N) is 1. The largest absolute Gasteiger partial charge is 0.489 e. The molecule has 3 heteroatoms. The highest BCUT2D eigenvalue weighted by Crippen LogP contribution is 2.12. The molecule has 0 radical (unpaired) electrons. The number of ether oxygens (including phenoxy) is 1. The number of hydrogen-bond donors (Lipinski definition) is 1. The number of carbonyl (C=O) groups is 1. The summed E-state index contributed by atoms with van der Waals surface area (Å²) in [6, 6.07) is 7.00. The lowest BCUT2D eigenvalue weighted by Crippen LogP contribution is -2.17. The van der Waals surface area contributed by atoms with Gasteiger partial charge in [-0.05, 0) is 36.8 Å². The first-order chi connectivity index (χ1) is 7.13. The molecule has 0 aliphatic rings. The maximum atomic E-state index is 11.2. The molecule has 0 fully saturated rings. The van der Waals surface area contributed by atoms with Crippen LogP contribution in [-0.2, 0) is 0 Å². The smallest absolute Gasteiger partial charge is 0.251 e. The lowest BCUT2D eigenvalue weighted by molar-refractivity contribution is 0.0963. The van der Waals surface area contributed by atoms with Crippen LogP contribution >= 0.6 is 0 Å². The molecule has 1 aromatic rings. The molecule has 0 aliphatic carbocycles. The fourth-order valence-corrected chi connectivity index (χ4v) is 1.05. The Hall–Kier alpha value is -1.77. The molecule has 0 unspecified atom stereocenters. The highest BCUT2D eigenvalue weighted by Gasteiger charge is 2.02. The summed E-state index contributed by atoms with van der Waals surface area (Å²) in [4.78, 5) is 11.2. The van der Waals surface area contributed by atoms with Gasteiger partial charge in [-0.3, -0.25) is 4.79 Å². The SMILES string of the molecule is C=C(C)COc1ccc(C(=O)NC)cc1. The Morgan fingerprint density at radius 2 is 2.00 bits per heavy atom. The molecular formula is C12H15NO2. The van der Waals surface area contributed by atoms with Gasteiger partial charge in [0.25, 0.3) is 5.91 Å². The second-order valence-corrected chi connectivity index (χ2v) is 3.35. The molecule has 15 heavy (non-hydrogen) atoms. The van der Waals surface area contributed by atoms with E-state index in [-0.39, 0.29) is 5.91 Å². The van der Waals surface area contributed by atoms with Crippen molar-refractivity contribution in [2.45, 2.75) is 6.92 Å². The minimum absolute atomic E-state index is 0.0959. The second kappa shape index (κ2) is 5.20.